The van der Waals surface area contributed by atoms with Crippen LogP contribution in [0.1, 0.15) is 71.3 Å². The summed E-state index contributed by atoms with van der Waals surface area (Å²) in [5.74, 6) is -4.28. The van der Waals surface area contributed by atoms with E-state index >= 15 is 0 Å². The SMILES string of the molecule is CC(=O)O.CC[C@H](C)[C@H](NC(=O)[C@@H]1CCCN1C(=O)CNC(=O)[C@@H]1CCCN1C(=O)[C@H](Cc1ccccc1)NC(=O)[C@@H]1CCCN1)C(=O)O. The lowest BCUT2D eigenvalue weighted by atomic mass is 9.99. The molecule has 6 N–H and O–H groups in total. The highest BCUT2D eigenvalue weighted by atomic mass is 16.4. The highest BCUT2D eigenvalue weighted by Crippen LogP contribution is 2.21. The Morgan fingerprint density at radius 1 is 0.857 bits per heavy atom. The van der Waals surface area contributed by atoms with Gasteiger partial charge in [-0.1, -0.05) is 50.6 Å². The molecule has 0 unspecified atom stereocenters. The lowest BCUT2D eigenvalue weighted by Gasteiger charge is -2.30. The van der Waals surface area contributed by atoms with Crippen LogP contribution >= 0.6 is 0 Å². The molecule has 0 saturated carbocycles. The minimum atomic E-state index is -1.13. The first-order chi connectivity index (χ1) is 23.3. The number of carbonyl (C=O) groups excluding carboxylic acids is 5. The number of carboxylic acids is 2. The Kier molecular flexibility index (Phi) is 15.0. The van der Waals surface area contributed by atoms with Gasteiger partial charge in [-0.05, 0) is 56.6 Å². The first kappa shape index (κ1) is 38.9. The summed E-state index contributed by atoms with van der Waals surface area (Å²) in [5, 5.41) is 28.3. The molecule has 0 aliphatic carbocycles. The molecular formula is C34H50N6O9. The molecule has 0 spiro atoms. The van der Waals surface area contributed by atoms with Gasteiger partial charge in [-0.15, -0.1) is 0 Å². The molecule has 3 saturated heterocycles. The highest BCUT2D eigenvalue weighted by molar-refractivity contribution is 5.96. The minimum Gasteiger partial charge on any atom is -0.481 e. The zero-order valence-corrected chi connectivity index (χ0v) is 28.5. The molecule has 3 heterocycles. The second kappa shape index (κ2) is 18.9. The summed E-state index contributed by atoms with van der Waals surface area (Å²) >= 11 is 0. The molecule has 1 aromatic rings. The van der Waals surface area contributed by atoms with Crippen LogP contribution in [-0.2, 0) is 40.0 Å². The molecular weight excluding hydrogens is 636 g/mol. The van der Waals surface area contributed by atoms with Crippen molar-refractivity contribution in [2.75, 3.05) is 26.2 Å². The number of nitrogens with zero attached hydrogens (tertiary/aromatic N) is 2. The van der Waals surface area contributed by atoms with Gasteiger partial charge in [0.05, 0.1) is 12.6 Å². The summed E-state index contributed by atoms with van der Waals surface area (Å²) in [6.45, 7) is 5.72. The maximum atomic E-state index is 13.8. The first-order valence-corrected chi connectivity index (χ1v) is 17.0. The van der Waals surface area contributed by atoms with E-state index in [1.165, 1.54) is 9.80 Å². The summed E-state index contributed by atoms with van der Waals surface area (Å²) < 4.78 is 0. The van der Waals surface area contributed by atoms with Crippen molar-refractivity contribution in [1.29, 1.82) is 0 Å². The van der Waals surface area contributed by atoms with Gasteiger partial charge in [0, 0.05) is 26.4 Å². The van der Waals surface area contributed by atoms with Crippen molar-refractivity contribution in [3.8, 4) is 0 Å². The Labute approximate surface area is 286 Å². The third kappa shape index (κ3) is 11.3. The average molecular weight is 687 g/mol. The number of hydrogen-bond donors (Lipinski definition) is 6. The number of carboxylic acid groups (broad SMARTS) is 2. The molecule has 0 radical (unpaired) electrons. The predicted molar refractivity (Wildman–Crippen MR) is 178 cm³/mol. The van der Waals surface area contributed by atoms with Crippen LogP contribution in [-0.4, -0.2) is 118 Å². The lowest BCUT2D eigenvalue weighted by Crippen LogP contribution is -2.57. The maximum absolute atomic E-state index is 13.8. The highest BCUT2D eigenvalue weighted by Gasteiger charge is 2.40. The van der Waals surface area contributed by atoms with Crippen molar-refractivity contribution in [2.45, 2.75) is 102 Å². The number of rotatable bonds is 13. The van der Waals surface area contributed by atoms with Crippen molar-refractivity contribution in [2.24, 2.45) is 5.92 Å². The lowest BCUT2D eigenvalue weighted by molar-refractivity contribution is -0.145. The Hall–Kier alpha value is -4.53. The second-order valence-corrected chi connectivity index (χ2v) is 12.8. The summed E-state index contributed by atoms with van der Waals surface area (Å²) in [5.41, 5.74) is 0.879. The molecule has 6 atom stereocenters. The van der Waals surface area contributed by atoms with Gasteiger partial charge in [0.1, 0.15) is 24.2 Å². The third-order valence-electron chi connectivity index (χ3n) is 9.18. The fourth-order valence-corrected chi connectivity index (χ4v) is 6.39. The number of carbonyl (C=O) groups is 7. The Morgan fingerprint density at radius 3 is 2.04 bits per heavy atom. The Bertz CT molecular complexity index is 1330. The van der Waals surface area contributed by atoms with Crippen LogP contribution in [0.2, 0.25) is 0 Å². The van der Waals surface area contributed by atoms with Gasteiger partial charge in [0.15, 0.2) is 0 Å². The van der Waals surface area contributed by atoms with Crippen molar-refractivity contribution < 1.29 is 43.8 Å². The van der Waals surface area contributed by atoms with Crippen molar-refractivity contribution >= 4 is 41.5 Å². The normalized spacial score (nSPS) is 21.8. The van der Waals surface area contributed by atoms with E-state index in [2.05, 4.69) is 21.3 Å². The van der Waals surface area contributed by atoms with E-state index in [-0.39, 0.29) is 36.7 Å². The molecule has 5 amide bonds. The van der Waals surface area contributed by atoms with Crippen LogP contribution in [0.3, 0.4) is 0 Å². The number of likely N-dealkylation sites (tertiary alicyclic amines) is 2. The molecule has 3 aliphatic rings. The summed E-state index contributed by atoms with van der Waals surface area (Å²) in [7, 11) is 0. The Morgan fingerprint density at radius 2 is 1.47 bits per heavy atom. The molecule has 270 valence electrons. The van der Waals surface area contributed by atoms with Gasteiger partial charge in [-0.3, -0.25) is 28.8 Å². The smallest absolute Gasteiger partial charge is 0.326 e. The molecule has 3 aliphatic heterocycles. The fraction of sp³-hybridized carbons (Fsp3) is 0.618. The standard InChI is InChI=1S/C32H46N6O7.C2H4O2/c1-3-20(2)27(32(44)45)36-30(42)25-14-8-16-37(25)26(39)19-34-29(41)24-13-9-17-38(24)31(43)23(18-21-10-5-4-6-11-21)35-28(40)22-12-7-15-33-22;1-2(3)4/h4-6,10-11,20,22-25,27,33H,3,7-9,12-19H2,1-2H3,(H,34,41)(H,35,40)(H,36,42)(H,44,45);1H3,(H,3,4)/t20-,22-,23-,24-,25-,27-;/m0./s1. The minimum absolute atomic E-state index is 0.240. The van der Waals surface area contributed by atoms with E-state index in [1.54, 1.807) is 6.92 Å². The summed E-state index contributed by atoms with van der Waals surface area (Å²) in [4.78, 5) is 89.8. The molecule has 15 nitrogen and oxygen atoms in total. The number of amides is 5. The molecule has 3 fully saturated rings. The number of nitrogens with one attached hydrogen (secondary N) is 4. The molecule has 15 heteroatoms. The van der Waals surface area contributed by atoms with E-state index in [0.717, 1.165) is 25.5 Å². The van der Waals surface area contributed by atoms with Crippen molar-refractivity contribution in [1.82, 2.24) is 31.1 Å². The van der Waals surface area contributed by atoms with Crippen molar-refractivity contribution in [3.63, 3.8) is 0 Å². The van der Waals surface area contributed by atoms with Gasteiger partial charge in [0.25, 0.3) is 5.97 Å². The summed E-state index contributed by atoms with van der Waals surface area (Å²) in [6, 6.07) is 5.49. The second-order valence-electron chi connectivity index (χ2n) is 12.8. The van der Waals surface area contributed by atoms with Crippen LogP contribution in [0.5, 0.6) is 0 Å². The van der Waals surface area contributed by atoms with E-state index in [9.17, 15) is 33.9 Å². The van der Waals surface area contributed by atoms with Crippen LogP contribution in [0.4, 0.5) is 0 Å². The van der Waals surface area contributed by atoms with Gasteiger partial charge < -0.3 is 41.3 Å². The molecule has 49 heavy (non-hydrogen) atoms. The topological polar surface area (TPSA) is 215 Å². The monoisotopic (exact) mass is 686 g/mol. The van der Waals surface area contributed by atoms with E-state index < -0.39 is 53.8 Å². The van der Waals surface area contributed by atoms with Crippen molar-refractivity contribution in [3.05, 3.63) is 35.9 Å². The van der Waals surface area contributed by atoms with E-state index in [4.69, 9.17) is 9.90 Å². The largest absolute Gasteiger partial charge is 0.481 e. The number of hydrogen-bond acceptors (Lipinski definition) is 8. The molecule has 4 rings (SSSR count). The van der Waals surface area contributed by atoms with E-state index in [0.29, 0.717) is 51.6 Å². The quantitative estimate of drug-likeness (QED) is 0.167. The maximum Gasteiger partial charge on any atom is 0.326 e. The zero-order valence-electron chi connectivity index (χ0n) is 28.5. The van der Waals surface area contributed by atoms with Gasteiger partial charge in [0.2, 0.25) is 29.5 Å². The number of benzene rings is 1. The summed E-state index contributed by atoms with van der Waals surface area (Å²) in [6.07, 6.45) is 4.41. The van der Waals surface area contributed by atoms with Crippen LogP contribution in [0.25, 0.3) is 0 Å². The van der Waals surface area contributed by atoms with Crippen LogP contribution in [0, 0.1) is 5.92 Å². The van der Waals surface area contributed by atoms with Crippen LogP contribution < -0.4 is 21.3 Å². The zero-order chi connectivity index (χ0) is 36.1. The molecule has 0 bridgehead atoms. The average Bonchev–Trinajstić information content (AvgIpc) is 3.87. The first-order valence-electron chi connectivity index (χ1n) is 17.0. The third-order valence-corrected chi connectivity index (χ3v) is 9.18. The Balaban J connectivity index is 0.00000154. The van der Waals surface area contributed by atoms with Gasteiger partial charge in [-0.25, -0.2) is 4.79 Å². The van der Waals surface area contributed by atoms with E-state index in [1.807, 2.05) is 37.3 Å². The predicted octanol–water partition coefficient (Wildman–Crippen LogP) is 0.271. The van der Waals surface area contributed by atoms with Gasteiger partial charge >= 0.3 is 5.97 Å². The fourth-order valence-electron chi connectivity index (χ4n) is 6.39. The molecule has 1 aromatic carbocycles. The van der Waals surface area contributed by atoms with Crippen LogP contribution in [0.15, 0.2) is 30.3 Å². The van der Waals surface area contributed by atoms with Gasteiger partial charge in [-0.2, -0.15) is 0 Å². The molecule has 0 aromatic heterocycles. The number of aliphatic carboxylic acids is 2.